The first kappa shape index (κ1) is 10.0. The average Bonchev–Trinajstić information content (AvgIpc) is 1.96. The summed E-state index contributed by atoms with van der Waals surface area (Å²) in [7, 11) is 0. The molecule has 0 radical (unpaired) electrons. The van der Waals surface area contributed by atoms with Gasteiger partial charge in [-0.2, -0.15) is 0 Å². The van der Waals surface area contributed by atoms with E-state index in [9.17, 15) is 5.11 Å². The minimum Gasteiger partial charge on any atom is -0.393 e. The highest BCUT2D eigenvalue weighted by molar-refractivity contribution is 4.80. The van der Waals surface area contributed by atoms with Gasteiger partial charge in [0.25, 0.3) is 0 Å². The molecule has 1 aliphatic carbocycles. The Balaban J connectivity index is 2.15. The SMILES string of the molecule is CCCCC(C)C(O)C1CCC1. The van der Waals surface area contributed by atoms with Crippen molar-refractivity contribution in [1.82, 2.24) is 0 Å². The first-order valence-corrected chi connectivity index (χ1v) is 5.43. The van der Waals surface area contributed by atoms with Crippen molar-refractivity contribution in [3.05, 3.63) is 0 Å². The molecule has 1 saturated carbocycles. The van der Waals surface area contributed by atoms with E-state index in [1.165, 1.54) is 38.5 Å². The minimum absolute atomic E-state index is 0.00898. The summed E-state index contributed by atoms with van der Waals surface area (Å²) in [6.45, 7) is 4.40. The molecule has 0 heterocycles. The lowest BCUT2D eigenvalue weighted by Crippen LogP contribution is -2.32. The predicted octanol–water partition coefficient (Wildman–Crippen LogP) is 2.97. The Labute approximate surface area is 76.2 Å². The van der Waals surface area contributed by atoms with E-state index in [2.05, 4.69) is 13.8 Å². The monoisotopic (exact) mass is 170 g/mol. The van der Waals surface area contributed by atoms with Gasteiger partial charge in [-0.05, 0) is 31.1 Å². The first-order valence-electron chi connectivity index (χ1n) is 5.43. The molecule has 72 valence electrons. The third-order valence-electron chi connectivity index (χ3n) is 3.23. The van der Waals surface area contributed by atoms with Crippen LogP contribution in [0.1, 0.15) is 52.4 Å². The van der Waals surface area contributed by atoms with E-state index in [0.29, 0.717) is 11.8 Å². The quantitative estimate of drug-likeness (QED) is 0.672. The lowest BCUT2D eigenvalue weighted by Gasteiger charge is -2.33. The molecular weight excluding hydrogens is 148 g/mol. The Morgan fingerprint density at radius 1 is 1.42 bits per heavy atom. The topological polar surface area (TPSA) is 20.2 Å². The maximum Gasteiger partial charge on any atom is 0.0593 e. The molecule has 0 bridgehead atoms. The van der Waals surface area contributed by atoms with Crippen LogP contribution in [-0.4, -0.2) is 11.2 Å². The highest BCUT2D eigenvalue weighted by Gasteiger charge is 2.28. The summed E-state index contributed by atoms with van der Waals surface area (Å²) in [5.74, 6) is 1.16. The fourth-order valence-electron chi connectivity index (χ4n) is 1.94. The fraction of sp³-hybridized carbons (Fsp3) is 1.00. The molecule has 2 atom stereocenters. The highest BCUT2D eigenvalue weighted by Crippen LogP contribution is 2.33. The van der Waals surface area contributed by atoms with Crippen LogP contribution in [0.4, 0.5) is 0 Å². The van der Waals surface area contributed by atoms with E-state index in [1.54, 1.807) is 0 Å². The van der Waals surface area contributed by atoms with Gasteiger partial charge in [-0.3, -0.25) is 0 Å². The van der Waals surface area contributed by atoms with Crippen molar-refractivity contribution in [3.63, 3.8) is 0 Å². The zero-order valence-electron chi connectivity index (χ0n) is 8.42. The van der Waals surface area contributed by atoms with Crippen LogP contribution in [0, 0.1) is 11.8 Å². The molecule has 0 aromatic heterocycles. The van der Waals surface area contributed by atoms with Crippen LogP contribution in [0.3, 0.4) is 0 Å². The third-order valence-corrected chi connectivity index (χ3v) is 3.23. The Hall–Kier alpha value is -0.0400. The second-order valence-electron chi connectivity index (χ2n) is 4.30. The summed E-state index contributed by atoms with van der Waals surface area (Å²) in [4.78, 5) is 0. The zero-order valence-corrected chi connectivity index (χ0v) is 8.42. The van der Waals surface area contributed by atoms with Gasteiger partial charge in [-0.25, -0.2) is 0 Å². The van der Waals surface area contributed by atoms with Gasteiger partial charge in [0.15, 0.2) is 0 Å². The van der Waals surface area contributed by atoms with Crippen molar-refractivity contribution in [2.75, 3.05) is 0 Å². The highest BCUT2D eigenvalue weighted by atomic mass is 16.3. The van der Waals surface area contributed by atoms with Crippen LogP contribution < -0.4 is 0 Å². The Kier molecular flexibility index (Phi) is 4.07. The van der Waals surface area contributed by atoms with Gasteiger partial charge in [0.1, 0.15) is 0 Å². The summed E-state index contributed by atoms with van der Waals surface area (Å²) in [5.41, 5.74) is 0. The standard InChI is InChI=1S/C11H22O/c1-3-4-6-9(2)11(12)10-7-5-8-10/h9-12H,3-8H2,1-2H3. The van der Waals surface area contributed by atoms with Gasteiger partial charge >= 0.3 is 0 Å². The summed E-state index contributed by atoms with van der Waals surface area (Å²) < 4.78 is 0. The lowest BCUT2D eigenvalue weighted by molar-refractivity contribution is 0.0174. The van der Waals surface area contributed by atoms with E-state index < -0.39 is 0 Å². The molecule has 1 fully saturated rings. The van der Waals surface area contributed by atoms with E-state index in [-0.39, 0.29) is 6.10 Å². The number of unbranched alkanes of at least 4 members (excludes halogenated alkanes) is 1. The second-order valence-corrected chi connectivity index (χ2v) is 4.30. The number of rotatable bonds is 5. The molecule has 0 saturated heterocycles. The normalized spacial score (nSPS) is 23.2. The fourth-order valence-corrected chi connectivity index (χ4v) is 1.94. The average molecular weight is 170 g/mol. The molecule has 0 amide bonds. The maximum absolute atomic E-state index is 9.86. The van der Waals surface area contributed by atoms with Crippen molar-refractivity contribution >= 4 is 0 Å². The van der Waals surface area contributed by atoms with Crippen LogP contribution in [0.2, 0.25) is 0 Å². The molecule has 12 heavy (non-hydrogen) atoms. The maximum atomic E-state index is 9.86. The van der Waals surface area contributed by atoms with Crippen molar-refractivity contribution in [2.24, 2.45) is 11.8 Å². The number of aliphatic hydroxyl groups excluding tert-OH is 1. The molecule has 2 unspecified atom stereocenters. The Bertz CT molecular complexity index is 118. The van der Waals surface area contributed by atoms with Gasteiger partial charge in [-0.1, -0.05) is 33.1 Å². The van der Waals surface area contributed by atoms with Crippen LogP contribution in [0.5, 0.6) is 0 Å². The lowest BCUT2D eigenvalue weighted by atomic mass is 9.76. The number of aliphatic hydroxyl groups is 1. The summed E-state index contributed by atoms with van der Waals surface area (Å²) in [5, 5.41) is 9.86. The van der Waals surface area contributed by atoms with E-state index in [1.807, 2.05) is 0 Å². The summed E-state index contributed by atoms with van der Waals surface area (Å²) in [6.07, 6.45) is 7.57. The Morgan fingerprint density at radius 3 is 2.50 bits per heavy atom. The van der Waals surface area contributed by atoms with Crippen molar-refractivity contribution in [1.29, 1.82) is 0 Å². The van der Waals surface area contributed by atoms with Crippen LogP contribution >= 0.6 is 0 Å². The molecule has 1 N–H and O–H groups in total. The number of hydrogen-bond acceptors (Lipinski definition) is 1. The van der Waals surface area contributed by atoms with Gasteiger partial charge < -0.3 is 5.11 Å². The molecule has 0 spiro atoms. The largest absolute Gasteiger partial charge is 0.393 e. The first-order chi connectivity index (χ1) is 5.75. The number of hydrogen-bond donors (Lipinski definition) is 1. The molecule has 0 aromatic rings. The van der Waals surface area contributed by atoms with Gasteiger partial charge in [0.05, 0.1) is 6.10 Å². The second kappa shape index (κ2) is 4.86. The van der Waals surface area contributed by atoms with Gasteiger partial charge in [0, 0.05) is 0 Å². The van der Waals surface area contributed by atoms with E-state index in [4.69, 9.17) is 0 Å². The molecule has 1 heteroatoms. The Morgan fingerprint density at radius 2 is 2.08 bits per heavy atom. The van der Waals surface area contributed by atoms with E-state index >= 15 is 0 Å². The summed E-state index contributed by atoms with van der Waals surface area (Å²) in [6, 6.07) is 0. The third kappa shape index (κ3) is 2.48. The molecular formula is C11H22O. The van der Waals surface area contributed by atoms with E-state index in [0.717, 1.165) is 0 Å². The minimum atomic E-state index is -0.00898. The molecule has 1 aliphatic rings. The predicted molar refractivity (Wildman–Crippen MR) is 52.0 cm³/mol. The molecule has 1 rings (SSSR count). The van der Waals surface area contributed by atoms with Crippen molar-refractivity contribution in [2.45, 2.75) is 58.5 Å². The molecule has 0 aromatic carbocycles. The molecule has 1 nitrogen and oxygen atoms in total. The zero-order chi connectivity index (χ0) is 8.97. The van der Waals surface area contributed by atoms with Gasteiger partial charge in [-0.15, -0.1) is 0 Å². The summed E-state index contributed by atoms with van der Waals surface area (Å²) >= 11 is 0. The van der Waals surface area contributed by atoms with Crippen molar-refractivity contribution in [3.8, 4) is 0 Å². The smallest absolute Gasteiger partial charge is 0.0593 e. The van der Waals surface area contributed by atoms with Crippen LogP contribution in [0.25, 0.3) is 0 Å². The van der Waals surface area contributed by atoms with Crippen LogP contribution in [0.15, 0.2) is 0 Å². The van der Waals surface area contributed by atoms with Gasteiger partial charge in [0.2, 0.25) is 0 Å². The molecule has 0 aliphatic heterocycles. The van der Waals surface area contributed by atoms with Crippen molar-refractivity contribution < 1.29 is 5.11 Å². The van der Waals surface area contributed by atoms with Crippen LogP contribution in [-0.2, 0) is 0 Å².